The van der Waals surface area contributed by atoms with Crippen molar-refractivity contribution in [1.82, 2.24) is 10.2 Å². The molecule has 0 aromatic heterocycles. The number of benzene rings is 1. The van der Waals surface area contributed by atoms with E-state index in [1.165, 1.54) is 23.1 Å². The summed E-state index contributed by atoms with van der Waals surface area (Å²) in [5.41, 5.74) is 0.630. The van der Waals surface area contributed by atoms with Gasteiger partial charge in [-0.2, -0.15) is 0 Å². The Morgan fingerprint density at radius 1 is 1.15 bits per heavy atom. The number of carboxylic acid groups (broad SMARTS) is 1. The minimum atomic E-state index is -1.11. The normalized spacial score (nSPS) is 15.6. The number of imide groups is 1. The van der Waals surface area contributed by atoms with Gasteiger partial charge >= 0.3 is 5.97 Å². The zero-order valence-electron chi connectivity index (χ0n) is 15.2. The first-order valence-electron chi connectivity index (χ1n) is 8.85. The fraction of sp³-hybridized carbons (Fsp3) is 0.474. The standard InChI is InChI=1S/C19H24N2O5/c1-4-6-9-21-17(23)13-8-7-12(10-14(13)18(21)24)16(22)20-15(19(25)26)11(3)5-2/h7-8,10-11,15H,4-6,9H2,1-3H3,(H,20,22)(H,25,26). The first-order valence-corrected chi connectivity index (χ1v) is 8.85. The van der Waals surface area contributed by atoms with E-state index in [9.17, 15) is 24.3 Å². The molecule has 2 atom stereocenters. The third-order valence-corrected chi connectivity index (χ3v) is 4.73. The van der Waals surface area contributed by atoms with Crippen LogP contribution in [-0.2, 0) is 4.79 Å². The second kappa shape index (κ2) is 8.12. The van der Waals surface area contributed by atoms with Gasteiger partial charge in [-0.3, -0.25) is 19.3 Å². The largest absolute Gasteiger partial charge is 0.480 e. The Morgan fingerprint density at radius 3 is 2.38 bits per heavy atom. The van der Waals surface area contributed by atoms with E-state index < -0.39 is 23.8 Å². The van der Waals surface area contributed by atoms with Crippen LogP contribution < -0.4 is 5.32 Å². The molecule has 7 nitrogen and oxygen atoms in total. The Morgan fingerprint density at radius 2 is 1.81 bits per heavy atom. The summed E-state index contributed by atoms with van der Waals surface area (Å²) in [4.78, 5) is 49.8. The van der Waals surface area contributed by atoms with E-state index in [-0.39, 0.29) is 28.5 Å². The average molecular weight is 360 g/mol. The number of carboxylic acids is 1. The number of hydrogen-bond acceptors (Lipinski definition) is 4. The van der Waals surface area contributed by atoms with Gasteiger partial charge in [-0.05, 0) is 30.5 Å². The molecule has 1 aromatic rings. The number of amides is 3. The minimum Gasteiger partial charge on any atom is -0.480 e. The number of nitrogens with one attached hydrogen (secondary N) is 1. The van der Waals surface area contributed by atoms with Gasteiger partial charge in [-0.1, -0.05) is 33.6 Å². The Balaban J connectivity index is 2.23. The van der Waals surface area contributed by atoms with Crippen LogP contribution in [0.1, 0.15) is 71.1 Å². The second-order valence-electron chi connectivity index (χ2n) is 6.55. The quantitative estimate of drug-likeness (QED) is 0.692. The van der Waals surface area contributed by atoms with Crippen LogP contribution in [-0.4, -0.2) is 46.3 Å². The van der Waals surface area contributed by atoms with E-state index >= 15 is 0 Å². The fourth-order valence-corrected chi connectivity index (χ4v) is 2.86. The number of aliphatic carboxylic acids is 1. The molecule has 0 bridgehead atoms. The van der Waals surface area contributed by atoms with Crippen LogP contribution in [0.2, 0.25) is 0 Å². The lowest BCUT2D eigenvalue weighted by Gasteiger charge is -2.20. The second-order valence-corrected chi connectivity index (χ2v) is 6.55. The van der Waals surface area contributed by atoms with Crippen molar-refractivity contribution in [3.8, 4) is 0 Å². The third kappa shape index (κ3) is 3.76. The van der Waals surface area contributed by atoms with Crippen molar-refractivity contribution in [2.24, 2.45) is 5.92 Å². The molecule has 0 aliphatic carbocycles. The molecule has 1 aliphatic rings. The highest BCUT2D eigenvalue weighted by molar-refractivity contribution is 6.22. The number of rotatable bonds is 8. The van der Waals surface area contributed by atoms with Gasteiger partial charge in [-0.25, -0.2) is 4.79 Å². The van der Waals surface area contributed by atoms with E-state index in [1.54, 1.807) is 6.92 Å². The van der Waals surface area contributed by atoms with Gasteiger partial charge in [0.05, 0.1) is 11.1 Å². The Labute approximate surface area is 152 Å². The molecule has 0 fully saturated rings. The van der Waals surface area contributed by atoms with Crippen LogP contribution in [0.5, 0.6) is 0 Å². The smallest absolute Gasteiger partial charge is 0.326 e. The van der Waals surface area contributed by atoms with Crippen molar-refractivity contribution in [3.05, 3.63) is 34.9 Å². The third-order valence-electron chi connectivity index (χ3n) is 4.73. The Kier molecular flexibility index (Phi) is 6.13. The van der Waals surface area contributed by atoms with Crippen LogP contribution in [0.15, 0.2) is 18.2 Å². The Hall–Kier alpha value is -2.70. The van der Waals surface area contributed by atoms with Gasteiger partial charge in [0.2, 0.25) is 0 Å². The van der Waals surface area contributed by atoms with Crippen LogP contribution >= 0.6 is 0 Å². The summed E-state index contributed by atoms with van der Waals surface area (Å²) in [7, 11) is 0. The monoisotopic (exact) mass is 360 g/mol. The van der Waals surface area contributed by atoms with Crippen LogP contribution in [0.25, 0.3) is 0 Å². The number of nitrogens with zero attached hydrogens (tertiary/aromatic N) is 1. The lowest BCUT2D eigenvalue weighted by Crippen LogP contribution is -2.45. The van der Waals surface area contributed by atoms with E-state index in [1.807, 2.05) is 13.8 Å². The van der Waals surface area contributed by atoms with E-state index in [4.69, 9.17) is 0 Å². The summed E-state index contributed by atoms with van der Waals surface area (Å²) in [5.74, 6) is -2.68. The maximum Gasteiger partial charge on any atom is 0.326 e. The van der Waals surface area contributed by atoms with E-state index in [0.717, 1.165) is 6.42 Å². The van der Waals surface area contributed by atoms with Gasteiger partial charge < -0.3 is 10.4 Å². The van der Waals surface area contributed by atoms with Crippen molar-refractivity contribution >= 4 is 23.7 Å². The molecule has 2 N–H and O–H groups in total. The lowest BCUT2D eigenvalue weighted by atomic mass is 9.98. The lowest BCUT2D eigenvalue weighted by molar-refractivity contribution is -0.140. The molecule has 0 saturated carbocycles. The first-order chi connectivity index (χ1) is 12.3. The summed E-state index contributed by atoms with van der Waals surface area (Å²) in [6, 6.07) is 3.25. The zero-order chi connectivity index (χ0) is 19.4. The predicted octanol–water partition coefficient (Wildman–Crippen LogP) is 2.31. The maximum absolute atomic E-state index is 12.5. The van der Waals surface area contributed by atoms with Gasteiger partial charge in [0.1, 0.15) is 6.04 Å². The SMILES string of the molecule is CCCCN1C(=O)c2ccc(C(=O)NC(C(=O)O)C(C)CC)cc2C1=O. The predicted molar refractivity (Wildman–Crippen MR) is 95.1 cm³/mol. The van der Waals surface area contributed by atoms with Crippen molar-refractivity contribution < 1.29 is 24.3 Å². The number of carbonyl (C=O) groups is 4. The number of fused-ring (bicyclic) bond motifs is 1. The molecule has 1 heterocycles. The van der Waals surface area contributed by atoms with Crippen LogP contribution in [0, 0.1) is 5.92 Å². The molecule has 2 rings (SSSR count). The van der Waals surface area contributed by atoms with Crippen molar-refractivity contribution in [2.75, 3.05) is 6.54 Å². The minimum absolute atomic E-state index is 0.164. The molecular weight excluding hydrogens is 336 g/mol. The van der Waals surface area contributed by atoms with Crippen molar-refractivity contribution in [1.29, 1.82) is 0 Å². The molecule has 2 unspecified atom stereocenters. The fourth-order valence-electron chi connectivity index (χ4n) is 2.86. The van der Waals surface area contributed by atoms with Crippen molar-refractivity contribution in [2.45, 2.75) is 46.1 Å². The number of unbranched alkanes of at least 4 members (excludes halogenated alkanes) is 1. The average Bonchev–Trinajstić information content (AvgIpc) is 2.87. The summed E-state index contributed by atoms with van der Waals surface area (Å²) in [6.07, 6.45) is 2.17. The highest BCUT2D eigenvalue weighted by atomic mass is 16.4. The zero-order valence-corrected chi connectivity index (χ0v) is 15.2. The van der Waals surface area contributed by atoms with Crippen LogP contribution in [0.4, 0.5) is 0 Å². The van der Waals surface area contributed by atoms with Gasteiger partial charge in [-0.15, -0.1) is 0 Å². The van der Waals surface area contributed by atoms with Gasteiger partial charge in [0.15, 0.2) is 0 Å². The summed E-state index contributed by atoms with van der Waals surface area (Å²) in [6.45, 7) is 5.91. The van der Waals surface area contributed by atoms with E-state index in [0.29, 0.717) is 19.4 Å². The first kappa shape index (κ1) is 19.6. The Bertz CT molecular complexity index is 743. The number of carbonyl (C=O) groups excluding carboxylic acids is 3. The molecule has 1 aromatic carbocycles. The van der Waals surface area contributed by atoms with Gasteiger partial charge in [0, 0.05) is 12.1 Å². The maximum atomic E-state index is 12.5. The summed E-state index contributed by atoms with van der Waals surface area (Å²) >= 11 is 0. The molecule has 1 aliphatic heterocycles. The highest BCUT2D eigenvalue weighted by Gasteiger charge is 2.35. The molecule has 140 valence electrons. The topological polar surface area (TPSA) is 104 Å². The van der Waals surface area contributed by atoms with E-state index in [2.05, 4.69) is 5.32 Å². The number of hydrogen-bond donors (Lipinski definition) is 2. The molecule has 26 heavy (non-hydrogen) atoms. The summed E-state index contributed by atoms with van der Waals surface area (Å²) < 4.78 is 0. The van der Waals surface area contributed by atoms with Gasteiger partial charge in [0.25, 0.3) is 17.7 Å². The summed E-state index contributed by atoms with van der Waals surface area (Å²) in [5, 5.41) is 11.8. The molecule has 0 saturated heterocycles. The van der Waals surface area contributed by atoms with Crippen LogP contribution in [0.3, 0.4) is 0 Å². The molecule has 0 spiro atoms. The molecular formula is C19H24N2O5. The van der Waals surface area contributed by atoms with Crippen molar-refractivity contribution in [3.63, 3.8) is 0 Å². The molecule has 3 amide bonds. The molecule has 0 radical (unpaired) electrons. The molecule has 7 heteroatoms. The highest BCUT2D eigenvalue weighted by Crippen LogP contribution is 2.24.